The van der Waals surface area contributed by atoms with Gasteiger partial charge in [0.15, 0.2) is 6.10 Å². The molecule has 7 nitrogen and oxygen atoms in total. The number of para-hydroxylation sites is 1. The summed E-state index contributed by atoms with van der Waals surface area (Å²) in [6.45, 7) is 1.59. The van der Waals surface area contributed by atoms with Crippen molar-refractivity contribution in [2.75, 3.05) is 0 Å². The van der Waals surface area contributed by atoms with E-state index in [0.717, 1.165) is 19.3 Å². The van der Waals surface area contributed by atoms with Crippen LogP contribution in [0.5, 0.6) is 0 Å². The highest BCUT2D eigenvalue weighted by Crippen LogP contribution is 2.24. The highest BCUT2D eigenvalue weighted by molar-refractivity contribution is 6.02. The van der Waals surface area contributed by atoms with E-state index in [9.17, 15) is 9.59 Å². The Hall–Kier alpha value is -3.35. The van der Waals surface area contributed by atoms with Crippen LogP contribution < -0.4 is 0 Å². The van der Waals surface area contributed by atoms with E-state index < -0.39 is 12.1 Å². The van der Waals surface area contributed by atoms with E-state index in [1.807, 2.05) is 18.2 Å². The lowest BCUT2D eigenvalue weighted by molar-refractivity contribution is 0.0318. The number of carbonyl (C=O) groups excluding carboxylic acids is 2. The number of aromatic nitrogens is 4. The largest absolute Gasteiger partial charge is 0.451 e. The van der Waals surface area contributed by atoms with Crippen LogP contribution in [0, 0.1) is 0 Å². The zero-order valence-corrected chi connectivity index (χ0v) is 14.8. The second-order valence-corrected chi connectivity index (χ2v) is 6.52. The van der Waals surface area contributed by atoms with Crippen LogP contribution in [0.25, 0.3) is 5.69 Å². The SMILES string of the molecule is CC(OC(=O)c1ccccc1-n1cnnn1)C(=O)c1ccc2c(c1)CCC2. The Morgan fingerprint density at radius 3 is 2.74 bits per heavy atom. The van der Waals surface area contributed by atoms with Gasteiger partial charge < -0.3 is 4.74 Å². The molecule has 136 valence electrons. The number of Topliss-reactive ketones (excluding diaryl/α,β-unsaturated/α-hetero) is 1. The molecule has 7 heteroatoms. The Kier molecular flexibility index (Phi) is 4.50. The second-order valence-electron chi connectivity index (χ2n) is 6.52. The zero-order chi connectivity index (χ0) is 18.8. The molecule has 0 spiro atoms. The molecule has 0 aliphatic heterocycles. The van der Waals surface area contributed by atoms with Crippen LogP contribution in [0.15, 0.2) is 48.8 Å². The minimum atomic E-state index is -0.890. The van der Waals surface area contributed by atoms with Crippen molar-refractivity contribution < 1.29 is 14.3 Å². The molecule has 1 atom stereocenters. The molecular weight excluding hydrogens is 344 g/mol. The van der Waals surface area contributed by atoms with Crippen molar-refractivity contribution in [1.29, 1.82) is 0 Å². The quantitative estimate of drug-likeness (QED) is 0.512. The highest BCUT2D eigenvalue weighted by atomic mass is 16.5. The molecule has 4 rings (SSSR count). The van der Waals surface area contributed by atoms with E-state index in [1.165, 1.54) is 22.1 Å². The summed E-state index contributed by atoms with van der Waals surface area (Å²) in [5, 5.41) is 11.0. The van der Waals surface area contributed by atoms with Gasteiger partial charge in [-0.05, 0) is 65.9 Å². The number of aryl methyl sites for hydroxylation is 2. The molecule has 27 heavy (non-hydrogen) atoms. The molecule has 1 aliphatic rings. The molecule has 0 saturated heterocycles. The molecular formula is C20H18N4O3. The Bertz CT molecular complexity index is 998. The summed E-state index contributed by atoms with van der Waals surface area (Å²) in [6, 6.07) is 12.5. The van der Waals surface area contributed by atoms with Gasteiger partial charge in [-0.15, -0.1) is 5.10 Å². The second kappa shape index (κ2) is 7.11. The van der Waals surface area contributed by atoms with E-state index in [0.29, 0.717) is 16.8 Å². The van der Waals surface area contributed by atoms with Crippen LogP contribution in [-0.4, -0.2) is 38.1 Å². The number of benzene rings is 2. The smallest absolute Gasteiger partial charge is 0.341 e. The number of fused-ring (bicyclic) bond motifs is 1. The van der Waals surface area contributed by atoms with Gasteiger partial charge in [0.05, 0.1) is 11.3 Å². The number of rotatable bonds is 5. The Balaban J connectivity index is 1.52. The van der Waals surface area contributed by atoms with E-state index in [-0.39, 0.29) is 5.78 Å². The molecule has 0 fully saturated rings. The van der Waals surface area contributed by atoms with Crippen LogP contribution in [0.4, 0.5) is 0 Å². The number of ketones is 1. The number of tetrazole rings is 1. The topological polar surface area (TPSA) is 87.0 Å². The monoisotopic (exact) mass is 362 g/mol. The number of hydrogen-bond donors (Lipinski definition) is 0. The van der Waals surface area contributed by atoms with E-state index in [2.05, 4.69) is 15.5 Å². The molecule has 3 aromatic rings. The normalized spacial score (nSPS) is 13.8. The van der Waals surface area contributed by atoms with Crippen LogP contribution in [0.2, 0.25) is 0 Å². The van der Waals surface area contributed by atoms with Crippen molar-refractivity contribution in [3.05, 3.63) is 71.0 Å². The minimum absolute atomic E-state index is 0.210. The molecule has 0 amide bonds. The molecule has 2 aromatic carbocycles. The maximum Gasteiger partial charge on any atom is 0.341 e. The summed E-state index contributed by atoms with van der Waals surface area (Å²) >= 11 is 0. The van der Waals surface area contributed by atoms with E-state index >= 15 is 0 Å². The molecule has 0 bridgehead atoms. The first kappa shape index (κ1) is 17.1. The van der Waals surface area contributed by atoms with Gasteiger partial charge in [0.25, 0.3) is 0 Å². The molecule has 1 aromatic heterocycles. The molecule has 0 radical (unpaired) electrons. The van der Waals surface area contributed by atoms with Crippen molar-refractivity contribution >= 4 is 11.8 Å². The van der Waals surface area contributed by atoms with Gasteiger partial charge >= 0.3 is 5.97 Å². The van der Waals surface area contributed by atoms with Crippen LogP contribution in [-0.2, 0) is 17.6 Å². The fourth-order valence-corrected chi connectivity index (χ4v) is 3.36. The first-order valence-electron chi connectivity index (χ1n) is 8.83. The molecule has 1 heterocycles. The van der Waals surface area contributed by atoms with Gasteiger partial charge in [-0.1, -0.05) is 24.3 Å². The van der Waals surface area contributed by atoms with Gasteiger partial charge in [-0.2, -0.15) is 4.68 Å². The van der Waals surface area contributed by atoms with Crippen molar-refractivity contribution in [1.82, 2.24) is 20.2 Å². The van der Waals surface area contributed by atoms with Crippen LogP contribution in [0.1, 0.15) is 45.2 Å². The Morgan fingerprint density at radius 1 is 1.11 bits per heavy atom. The van der Waals surface area contributed by atoms with Gasteiger partial charge in [-0.3, -0.25) is 4.79 Å². The first-order valence-corrected chi connectivity index (χ1v) is 8.83. The summed E-state index contributed by atoms with van der Waals surface area (Å²) in [7, 11) is 0. The lowest BCUT2D eigenvalue weighted by Crippen LogP contribution is -2.25. The number of nitrogens with zero attached hydrogens (tertiary/aromatic N) is 4. The minimum Gasteiger partial charge on any atom is -0.451 e. The average Bonchev–Trinajstić information content (AvgIpc) is 3.38. The number of ether oxygens (including phenoxy) is 1. The third-order valence-corrected chi connectivity index (χ3v) is 4.76. The van der Waals surface area contributed by atoms with Crippen LogP contribution >= 0.6 is 0 Å². The van der Waals surface area contributed by atoms with Gasteiger partial charge in [0.2, 0.25) is 5.78 Å². The Morgan fingerprint density at radius 2 is 1.93 bits per heavy atom. The van der Waals surface area contributed by atoms with Gasteiger partial charge in [-0.25, -0.2) is 4.79 Å². The maximum absolute atomic E-state index is 12.7. The molecule has 1 aliphatic carbocycles. The summed E-state index contributed by atoms with van der Waals surface area (Å²) in [5.41, 5.74) is 3.86. The van der Waals surface area contributed by atoms with Crippen molar-refractivity contribution in [2.24, 2.45) is 0 Å². The van der Waals surface area contributed by atoms with E-state index in [4.69, 9.17) is 4.74 Å². The molecule has 0 saturated carbocycles. The predicted molar refractivity (Wildman–Crippen MR) is 96.8 cm³/mol. The zero-order valence-electron chi connectivity index (χ0n) is 14.8. The highest BCUT2D eigenvalue weighted by Gasteiger charge is 2.23. The standard InChI is InChI=1S/C20H18N4O3/c1-13(19(25)16-10-9-14-5-4-6-15(14)11-16)27-20(26)17-7-2-3-8-18(17)24-12-21-22-23-24/h2-3,7-13H,4-6H2,1H3. The lowest BCUT2D eigenvalue weighted by atomic mass is 10.0. The predicted octanol–water partition coefficient (Wildman–Crippen LogP) is 2.58. The third kappa shape index (κ3) is 3.36. The maximum atomic E-state index is 12.7. The van der Waals surface area contributed by atoms with E-state index in [1.54, 1.807) is 31.2 Å². The Labute approximate surface area is 156 Å². The number of carbonyl (C=O) groups is 2. The average molecular weight is 362 g/mol. The fraction of sp³-hybridized carbons (Fsp3) is 0.250. The van der Waals surface area contributed by atoms with Crippen molar-refractivity contribution in [2.45, 2.75) is 32.3 Å². The van der Waals surface area contributed by atoms with Crippen molar-refractivity contribution in [3.63, 3.8) is 0 Å². The van der Waals surface area contributed by atoms with Gasteiger partial charge in [0.1, 0.15) is 6.33 Å². The fourth-order valence-electron chi connectivity index (χ4n) is 3.36. The first-order chi connectivity index (χ1) is 13.1. The van der Waals surface area contributed by atoms with Gasteiger partial charge in [0, 0.05) is 5.56 Å². The molecule has 1 unspecified atom stereocenters. The summed E-state index contributed by atoms with van der Waals surface area (Å²) in [4.78, 5) is 25.3. The number of esters is 1. The molecule has 0 N–H and O–H groups in total. The van der Waals surface area contributed by atoms with Crippen molar-refractivity contribution in [3.8, 4) is 5.69 Å². The van der Waals surface area contributed by atoms with Crippen LogP contribution in [0.3, 0.4) is 0 Å². The lowest BCUT2D eigenvalue weighted by Gasteiger charge is -2.14. The summed E-state index contributed by atoms with van der Waals surface area (Å²) < 4.78 is 6.82. The summed E-state index contributed by atoms with van der Waals surface area (Å²) in [5.74, 6) is -0.805. The summed E-state index contributed by atoms with van der Waals surface area (Å²) in [6.07, 6.45) is 3.67. The third-order valence-electron chi connectivity index (χ3n) is 4.76. The number of hydrogen-bond acceptors (Lipinski definition) is 6.